The number of hydrogen-bond acceptors (Lipinski definition) is 8. The second-order valence-electron chi connectivity index (χ2n) is 7.45. The number of aryl methyl sites for hydroxylation is 2. The van der Waals surface area contributed by atoms with E-state index in [0.717, 1.165) is 30.1 Å². The fourth-order valence-electron chi connectivity index (χ4n) is 3.54. The molecule has 0 saturated carbocycles. The van der Waals surface area contributed by atoms with E-state index in [1.807, 2.05) is 42.2 Å². The van der Waals surface area contributed by atoms with Gasteiger partial charge in [-0.3, -0.25) is 9.69 Å². The van der Waals surface area contributed by atoms with Crippen molar-refractivity contribution in [2.45, 2.75) is 20.4 Å². The molecule has 3 heterocycles. The number of carbonyl (C=O) groups is 1. The van der Waals surface area contributed by atoms with Crippen LogP contribution in [0.4, 0.5) is 0 Å². The summed E-state index contributed by atoms with van der Waals surface area (Å²) in [6, 6.07) is 9.45. The van der Waals surface area contributed by atoms with Crippen LogP contribution in [0, 0.1) is 13.8 Å². The van der Waals surface area contributed by atoms with Gasteiger partial charge in [0, 0.05) is 32.2 Å². The molecule has 1 aliphatic heterocycles. The molecule has 1 aromatic carbocycles. The van der Waals surface area contributed by atoms with Crippen LogP contribution < -0.4 is 4.74 Å². The summed E-state index contributed by atoms with van der Waals surface area (Å²) in [5.41, 5.74) is 2.10. The number of amides is 1. The lowest BCUT2D eigenvalue weighted by Gasteiger charge is -2.34. The number of ether oxygens (including phenoxy) is 1. The number of tetrazole rings is 1. The van der Waals surface area contributed by atoms with Crippen LogP contribution in [0.1, 0.15) is 22.8 Å². The van der Waals surface area contributed by atoms with Gasteiger partial charge in [-0.05, 0) is 48.0 Å². The molecule has 0 atom stereocenters. The maximum absolute atomic E-state index is 13.4. The van der Waals surface area contributed by atoms with Crippen LogP contribution in [0.25, 0.3) is 11.8 Å². The molecule has 1 amide bonds. The van der Waals surface area contributed by atoms with Crippen molar-refractivity contribution >= 4 is 17.7 Å². The maximum Gasteiger partial charge on any atom is 0.272 e. The van der Waals surface area contributed by atoms with E-state index < -0.39 is 0 Å². The second-order valence-corrected chi connectivity index (χ2v) is 7.45. The standard InChI is InChI=1S/C21H25N7O3/c1-15-11-19(31-23-15)14-26-7-9-27(10-8-26)21(29)20(28-16(2)22-24-25-28)13-17-5-4-6-18(12-17)30-3/h4-6,11-13H,7-10,14H2,1-3H3/b20-13-. The summed E-state index contributed by atoms with van der Waals surface area (Å²) in [5.74, 6) is 1.97. The predicted octanol–water partition coefficient (Wildman–Crippen LogP) is 1.63. The Morgan fingerprint density at radius 3 is 2.65 bits per heavy atom. The lowest BCUT2D eigenvalue weighted by molar-refractivity contribution is -0.127. The van der Waals surface area contributed by atoms with E-state index in [0.29, 0.717) is 36.9 Å². The summed E-state index contributed by atoms with van der Waals surface area (Å²) in [7, 11) is 1.61. The van der Waals surface area contributed by atoms with Crippen molar-refractivity contribution in [3.05, 3.63) is 53.2 Å². The average Bonchev–Trinajstić information content (AvgIpc) is 3.40. The highest BCUT2D eigenvalue weighted by Gasteiger charge is 2.26. The van der Waals surface area contributed by atoms with E-state index in [-0.39, 0.29) is 5.91 Å². The Labute approximate surface area is 180 Å². The summed E-state index contributed by atoms with van der Waals surface area (Å²) in [5, 5.41) is 15.6. The zero-order valence-electron chi connectivity index (χ0n) is 17.9. The Kier molecular flexibility index (Phi) is 6.08. The fourth-order valence-corrected chi connectivity index (χ4v) is 3.54. The van der Waals surface area contributed by atoms with Gasteiger partial charge in [0.1, 0.15) is 11.4 Å². The lowest BCUT2D eigenvalue weighted by atomic mass is 10.1. The monoisotopic (exact) mass is 423 g/mol. The van der Waals surface area contributed by atoms with Gasteiger partial charge in [0.05, 0.1) is 19.3 Å². The largest absolute Gasteiger partial charge is 0.497 e. The molecule has 1 fully saturated rings. The minimum atomic E-state index is -0.117. The highest BCUT2D eigenvalue weighted by molar-refractivity contribution is 6.18. The molecule has 1 saturated heterocycles. The van der Waals surface area contributed by atoms with E-state index in [1.54, 1.807) is 20.1 Å². The Morgan fingerprint density at radius 2 is 2.00 bits per heavy atom. The summed E-state index contributed by atoms with van der Waals surface area (Å²) < 4.78 is 12.1. The second kappa shape index (κ2) is 9.09. The quantitative estimate of drug-likeness (QED) is 0.551. The third-order valence-corrected chi connectivity index (χ3v) is 5.19. The Bertz CT molecular complexity index is 1080. The van der Waals surface area contributed by atoms with E-state index in [2.05, 4.69) is 25.6 Å². The van der Waals surface area contributed by atoms with Crippen LogP contribution >= 0.6 is 0 Å². The third kappa shape index (κ3) is 4.80. The average molecular weight is 423 g/mol. The van der Waals surface area contributed by atoms with Crippen LogP contribution in [0.5, 0.6) is 5.75 Å². The van der Waals surface area contributed by atoms with Crippen molar-refractivity contribution < 1.29 is 14.1 Å². The normalized spacial score (nSPS) is 15.3. The number of nitrogens with zero attached hydrogens (tertiary/aromatic N) is 7. The molecule has 10 heteroatoms. The molecule has 4 rings (SSSR count). The molecule has 0 unspecified atom stereocenters. The number of carbonyl (C=O) groups excluding carboxylic acids is 1. The minimum Gasteiger partial charge on any atom is -0.497 e. The molecular weight excluding hydrogens is 398 g/mol. The van der Waals surface area contributed by atoms with Crippen molar-refractivity contribution in [2.75, 3.05) is 33.3 Å². The molecule has 0 spiro atoms. The third-order valence-electron chi connectivity index (χ3n) is 5.19. The van der Waals surface area contributed by atoms with E-state index in [9.17, 15) is 4.79 Å². The first kappa shape index (κ1) is 20.7. The number of hydrogen-bond donors (Lipinski definition) is 0. The molecule has 1 aliphatic rings. The molecule has 0 radical (unpaired) electrons. The molecule has 3 aromatic rings. The van der Waals surface area contributed by atoms with Crippen LogP contribution in [-0.2, 0) is 11.3 Å². The van der Waals surface area contributed by atoms with E-state index >= 15 is 0 Å². The van der Waals surface area contributed by atoms with Gasteiger partial charge in [0.25, 0.3) is 5.91 Å². The number of benzene rings is 1. The van der Waals surface area contributed by atoms with E-state index in [1.165, 1.54) is 4.68 Å². The topological polar surface area (TPSA) is 102 Å². The van der Waals surface area contributed by atoms with Gasteiger partial charge in [-0.2, -0.15) is 4.68 Å². The van der Waals surface area contributed by atoms with Crippen molar-refractivity contribution in [1.29, 1.82) is 0 Å². The predicted molar refractivity (Wildman–Crippen MR) is 113 cm³/mol. The van der Waals surface area contributed by atoms with Gasteiger partial charge < -0.3 is 14.2 Å². The zero-order chi connectivity index (χ0) is 21.8. The molecule has 2 aromatic heterocycles. The van der Waals surface area contributed by atoms with Gasteiger partial charge in [0.2, 0.25) is 0 Å². The SMILES string of the molecule is COc1cccc(/C=C(/C(=O)N2CCN(Cc3cc(C)no3)CC2)n2nnnc2C)c1. The van der Waals surface area contributed by atoms with Gasteiger partial charge in [-0.25, -0.2) is 0 Å². The molecule has 162 valence electrons. The molecule has 0 bridgehead atoms. The van der Waals surface area contributed by atoms with Crippen LogP contribution in [0.15, 0.2) is 34.9 Å². The molecule has 0 N–H and O–H groups in total. The van der Waals surface area contributed by atoms with Gasteiger partial charge >= 0.3 is 0 Å². The minimum absolute atomic E-state index is 0.117. The van der Waals surface area contributed by atoms with Crippen molar-refractivity contribution in [3.8, 4) is 5.75 Å². The van der Waals surface area contributed by atoms with Gasteiger partial charge in [-0.15, -0.1) is 5.10 Å². The van der Waals surface area contributed by atoms with Crippen LogP contribution in [0.2, 0.25) is 0 Å². The Morgan fingerprint density at radius 1 is 1.19 bits per heavy atom. The van der Waals surface area contributed by atoms with E-state index in [4.69, 9.17) is 9.26 Å². The number of aromatic nitrogens is 5. The number of methoxy groups -OCH3 is 1. The number of piperazine rings is 1. The highest BCUT2D eigenvalue weighted by Crippen LogP contribution is 2.20. The van der Waals surface area contributed by atoms with Crippen molar-refractivity contribution in [2.24, 2.45) is 0 Å². The summed E-state index contributed by atoms with van der Waals surface area (Å²) in [6.07, 6.45) is 1.79. The van der Waals surface area contributed by atoms with Crippen molar-refractivity contribution in [1.82, 2.24) is 35.2 Å². The number of rotatable bonds is 6. The molecule has 0 aliphatic carbocycles. The van der Waals surface area contributed by atoms with Crippen molar-refractivity contribution in [3.63, 3.8) is 0 Å². The molecular formula is C21H25N7O3. The molecule has 10 nitrogen and oxygen atoms in total. The summed E-state index contributed by atoms with van der Waals surface area (Å²) >= 11 is 0. The Hall–Kier alpha value is -3.53. The molecule has 31 heavy (non-hydrogen) atoms. The fraction of sp³-hybridized carbons (Fsp3) is 0.381. The zero-order valence-corrected chi connectivity index (χ0v) is 17.9. The smallest absolute Gasteiger partial charge is 0.272 e. The van der Waals surface area contributed by atoms with Crippen LogP contribution in [0.3, 0.4) is 0 Å². The van der Waals surface area contributed by atoms with Crippen LogP contribution in [-0.4, -0.2) is 74.4 Å². The summed E-state index contributed by atoms with van der Waals surface area (Å²) in [4.78, 5) is 17.5. The highest BCUT2D eigenvalue weighted by atomic mass is 16.5. The van der Waals surface area contributed by atoms with Gasteiger partial charge in [0.15, 0.2) is 11.6 Å². The maximum atomic E-state index is 13.4. The lowest BCUT2D eigenvalue weighted by Crippen LogP contribution is -2.48. The summed E-state index contributed by atoms with van der Waals surface area (Å²) in [6.45, 7) is 7.04. The first-order valence-electron chi connectivity index (χ1n) is 10.1. The Balaban J connectivity index is 1.51. The first-order chi connectivity index (χ1) is 15.0. The van der Waals surface area contributed by atoms with Gasteiger partial charge in [-0.1, -0.05) is 17.3 Å². The first-order valence-corrected chi connectivity index (χ1v) is 10.1.